The van der Waals surface area contributed by atoms with E-state index in [1.165, 1.54) is 72.4 Å². The van der Waals surface area contributed by atoms with Crippen molar-refractivity contribution in [3.05, 3.63) is 270 Å². The summed E-state index contributed by atoms with van der Waals surface area (Å²) in [5, 5.41) is 0. The number of rotatable bonds is 9. The maximum atomic E-state index is 7.29. The summed E-state index contributed by atoms with van der Waals surface area (Å²) in [7, 11) is 0. The molecule has 0 unspecified atom stereocenters. The monoisotopic (exact) mass is 1000 g/mol. The zero-order valence-corrected chi connectivity index (χ0v) is 45.9. The number of pyridine rings is 1. The normalized spacial score (nSPS) is 13.8. The average molecular weight is 1000 g/mol. The summed E-state index contributed by atoms with van der Waals surface area (Å²) in [4.78, 5) is 9.90. The van der Waals surface area contributed by atoms with Gasteiger partial charge in [0.15, 0.2) is 0 Å². The number of fused-ring (bicyclic) bond motifs is 4. The zero-order chi connectivity index (χ0) is 53.3. The van der Waals surface area contributed by atoms with E-state index in [9.17, 15) is 0 Å². The van der Waals surface area contributed by atoms with Crippen LogP contribution >= 0.6 is 0 Å². The molecule has 0 N–H and O–H groups in total. The number of hydrogen-bond acceptors (Lipinski definition) is 4. The van der Waals surface area contributed by atoms with E-state index in [0.717, 1.165) is 45.4 Å². The first-order valence-corrected chi connectivity index (χ1v) is 27.2. The minimum atomic E-state index is -0.695. The van der Waals surface area contributed by atoms with E-state index in [2.05, 4.69) is 297 Å². The van der Waals surface area contributed by atoms with Crippen molar-refractivity contribution in [1.29, 1.82) is 0 Å². The summed E-state index contributed by atoms with van der Waals surface area (Å²) in [5.41, 5.74) is 21.5. The maximum absolute atomic E-state index is 7.29. The fraction of sp³-hybridized carbons (Fsp3) is 0.192. The highest BCUT2D eigenvalue weighted by Crippen LogP contribution is 2.58. The van der Waals surface area contributed by atoms with E-state index < -0.39 is 5.41 Å². The number of ether oxygens (including phenoxy) is 1. The lowest BCUT2D eigenvalue weighted by atomic mass is 9.67. The van der Waals surface area contributed by atoms with E-state index >= 15 is 0 Å². The SMILES string of the molecule is CC(C)(C)c1ccc(C2(c3cc(Oc4cccc(-c5cc(C(C)(C)C)ccn5)c4)cc(N4CN(c5c(-c6ccccc6)cc(C(C)(C)C)cc5-c5ccccc5)c5ccccc54)c3)c3ccccc3-c3ccccc32)cc1. The molecule has 10 aromatic rings. The van der Waals surface area contributed by atoms with Gasteiger partial charge in [0.1, 0.15) is 18.2 Å². The molecule has 0 saturated carbocycles. The molecule has 0 bridgehead atoms. The Labute approximate surface area is 456 Å². The topological polar surface area (TPSA) is 28.6 Å². The van der Waals surface area contributed by atoms with Gasteiger partial charge in [-0.25, -0.2) is 0 Å². The molecule has 4 heteroatoms. The molecule has 0 radical (unpaired) electrons. The summed E-state index contributed by atoms with van der Waals surface area (Å²) in [6, 6.07) is 82.8. The minimum absolute atomic E-state index is 0.0148. The third kappa shape index (κ3) is 8.90. The lowest BCUT2D eigenvalue weighted by molar-refractivity contribution is 0.481. The molecular formula is C73H67N3O. The van der Waals surface area contributed by atoms with Crippen molar-refractivity contribution < 1.29 is 4.74 Å². The van der Waals surface area contributed by atoms with Gasteiger partial charge in [-0.1, -0.05) is 220 Å². The molecule has 12 rings (SSSR count). The molecule has 380 valence electrons. The lowest BCUT2D eigenvalue weighted by Crippen LogP contribution is -2.30. The molecular weight excluding hydrogens is 935 g/mol. The van der Waals surface area contributed by atoms with Crippen LogP contribution in [-0.4, -0.2) is 11.7 Å². The fourth-order valence-corrected chi connectivity index (χ4v) is 11.8. The van der Waals surface area contributed by atoms with Gasteiger partial charge >= 0.3 is 0 Å². The Morgan fingerprint density at radius 1 is 0.390 bits per heavy atom. The summed E-state index contributed by atoms with van der Waals surface area (Å²) in [5.74, 6) is 1.49. The number of nitrogens with zero attached hydrogens (tertiary/aromatic N) is 3. The van der Waals surface area contributed by atoms with Crippen LogP contribution in [0, 0.1) is 0 Å². The Balaban J connectivity index is 1.09. The van der Waals surface area contributed by atoms with Crippen molar-refractivity contribution in [3.63, 3.8) is 0 Å². The van der Waals surface area contributed by atoms with Crippen LogP contribution in [0.5, 0.6) is 11.5 Å². The summed E-state index contributed by atoms with van der Waals surface area (Å²) in [6.45, 7) is 21.1. The summed E-state index contributed by atoms with van der Waals surface area (Å²) in [6.07, 6.45) is 1.92. The second-order valence-corrected chi connectivity index (χ2v) is 24.1. The predicted molar refractivity (Wildman–Crippen MR) is 322 cm³/mol. The van der Waals surface area contributed by atoms with E-state index in [1.807, 2.05) is 6.20 Å². The van der Waals surface area contributed by atoms with Crippen LogP contribution in [0.2, 0.25) is 0 Å². The molecule has 0 amide bonds. The van der Waals surface area contributed by atoms with Crippen molar-refractivity contribution >= 4 is 22.7 Å². The van der Waals surface area contributed by atoms with Gasteiger partial charge in [-0.15, -0.1) is 0 Å². The van der Waals surface area contributed by atoms with E-state index in [4.69, 9.17) is 9.72 Å². The Bertz CT molecular complexity index is 3710. The third-order valence-electron chi connectivity index (χ3n) is 15.9. The van der Waals surface area contributed by atoms with Crippen molar-refractivity contribution in [2.75, 3.05) is 16.5 Å². The van der Waals surface area contributed by atoms with Gasteiger partial charge in [-0.3, -0.25) is 4.98 Å². The highest BCUT2D eigenvalue weighted by Gasteiger charge is 2.47. The van der Waals surface area contributed by atoms with Gasteiger partial charge in [-0.2, -0.15) is 0 Å². The molecule has 9 aromatic carbocycles. The van der Waals surface area contributed by atoms with Gasteiger partial charge in [0.25, 0.3) is 0 Å². The largest absolute Gasteiger partial charge is 0.457 e. The van der Waals surface area contributed by atoms with Crippen molar-refractivity contribution in [2.24, 2.45) is 0 Å². The molecule has 1 aliphatic carbocycles. The molecule has 4 nitrogen and oxygen atoms in total. The van der Waals surface area contributed by atoms with Gasteiger partial charge in [-0.05, 0) is 138 Å². The molecule has 0 spiro atoms. The van der Waals surface area contributed by atoms with Crippen LogP contribution in [0.4, 0.5) is 22.7 Å². The Hall–Kier alpha value is -8.47. The van der Waals surface area contributed by atoms with Crippen LogP contribution < -0.4 is 14.5 Å². The van der Waals surface area contributed by atoms with Crippen LogP contribution in [0.1, 0.15) is 101 Å². The maximum Gasteiger partial charge on any atom is 0.129 e. The second kappa shape index (κ2) is 19.0. The third-order valence-corrected chi connectivity index (χ3v) is 15.9. The number of benzene rings is 9. The molecule has 1 aromatic heterocycles. The van der Waals surface area contributed by atoms with E-state index in [-0.39, 0.29) is 16.2 Å². The van der Waals surface area contributed by atoms with Gasteiger partial charge in [0, 0.05) is 34.6 Å². The number of hydrogen-bond donors (Lipinski definition) is 0. The van der Waals surface area contributed by atoms with Crippen LogP contribution in [0.15, 0.2) is 231 Å². The molecule has 77 heavy (non-hydrogen) atoms. The quantitative estimate of drug-likeness (QED) is 0.144. The van der Waals surface area contributed by atoms with Crippen LogP contribution in [0.25, 0.3) is 44.6 Å². The molecule has 2 heterocycles. The first kappa shape index (κ1) is 49.4. The zero-order valence-electron chi connectivity index (χ0n) is 45.9. The smallest absolute Gasteiger partial charge is 0.129 e. The lowest BCUT2D eigenvalue weighted by Gasteiger charge is -2.35. The molecule has 2 aliphatic rings. The van der Waals surface area contributed by atoms with Crippen molar-refractivity contribution in [2.45, 2.75) is 84.0 Å². The number of anilines is 4. The highest BCUT2D eigenvalue weighted by atomic mass is 16.5. The fourth-order valence-electron chi connectivity index (χ4n) is 11.8. The highest BCUT2D eigenvalue weighted by molar-refractivity contribution is 5.99. The van der Waals surface area contributed by atoms with Gasteiger partial charge in [0.05, 0.1) is 28.2 Å². The molecule has 1 aliphatic heterocycles. The number of para-hydroxylation sites is 2. The van der Waals surface area contributed by atoms with Crippen LogP contribution in [-0.2, 0) is 21.7 Å². The van der Waals surface area contributed by atoms with Gasteiger partial charge < -0.3 is 14.5 Å². The van der Waals surface area contributed by atoms with E-state index in [0.29, 0.717) is 6.67 Å². The summed E-state index contributed by atoms with van der Waals surface area (Å²) < 4.78 is 7.29. The molecule has 0 saturated heterocycles. The first-order chi connectivity index (χ1) is 37.1. The minimum Gasteiger partial charge on any atom is -0.457 e. The van der Waals surface area contributed by atoms with Crippen molar-refractivity contribution in [3.8, 4) is 56.1 Å². The first-order valence-electron chi connectivity index (χ1n) is 27.2. The second-order valence-electron chi connectivity index (χ2n) is 24.1. The Kier molecular flexibility index (Phi) is 12.2. The van der Waals surface area contributed by atoms with Crippen LogP contribution in [0.3, 0.4) is 0 Å². The standard InChI is InChI=1S/C73H67N3O/c1-70(2,3)52-35-37-53(38-36-52)73(64-31-18-16-29-60(64)61-30-17-19-32-65(61)73)56-42-57(47-59(43-56)77-58-28-22-27-51(41-58)66-46-54(39-40-74-66)71(4,5)6)75-48-76(68-34-21-20-33-67(68)75)69-62(49-23-12-10-13-24-49)44-55(72(7,8)9)45-63(69)50-25-14-11-15-26-50/h10-47H,48H2,1-9H3. The average Bonchev–Trinajstić information content (AvgIpc) is 4.16. The Morgan fingerprint density at radius 2 is 0.922 bits per heavy atom. The molecule has 0 fully saturated rings. The Morgan fingerprint density at radius 3 is 1.51 bits per heavy atom. The molecule has 0 atom stereocenters. The number of aromatic nitrogens is 1. The van der Waals surface area contributed by atoms with Crippen molar-refractivity contribution in [1.82, 2.24) is 4.98 Å². The van der Waals surface area contributed by atoms with E-state index in [1.54, 1.807) is 0 Å². The predicted octanol–water partition coefficient (Wildman–Crippen LogP) is 19.4. The summed E-state index contributed by atoms with van der Waals surface area (Å²) >= 11 is 0. The van der Waals surface area contributed by atoms with Gasteiger partial charge in [0.2, 0.25) is 0 Å².